The summed E-state index contributed by atoms with van der Waals surface area (Å²) in [5.74, 6) is 2.66. The van der Waals surface area contributed by atoms with E-state index in [1.54, 1.807) is 28.4 Å². The molecule has 58 heavy (non-hydrogen) atoms. The number of nitrogens with one attached hydrogen (secondary N) is 2. The molecular weight excluding hydrogens is 729 g/mol. The van der Waals surface area contributed by atoms with E-state index in [0.717, 1.165) is 55.8 Å². The van der Waals surface area contributed by atoms with Gasteiger partial charge in [-0.05, 0) is 107 Å². The highest BCUT2D eigenvalue weighted by Crippen LogP contribution is 2.45. The van der Waals surface area contributed by atoms with Gasteiger partial charge < -0.3 is 39.1 Å². The Morgan fingerprint density at radius 1 is 0.414 bits per heavy atom. The lowest BCUT2D eigenvalue weighted by Crippen LogP contribution is -2.05. The van der Waals surface area contributed by atoms with Crippen LogP contribution >= 0.6 is 0 Å². The monoisotopic (exact) mass is 768 g/mol. The summed E-state index contributed by atoms with van der Waals surface area (Å²) in [5.41, 5.74) is 11.0. The molecule has 0 radical (unpaired) electrons. The minimum absolute atomic E-state index is 0.295. The summed E-state index contributed by atoms with van der Waals surface area (Å²) in [4.78, 5) is 17.8. The van der Waals surface area contributed by atoms with E-state index in [9.17, 15) is 10.2 Å². The summed E-state index contributed by atoms with van der Waals surface area (Å²) in [6.07, 6.45) is 1.28. The highest BCUT2D eigenvalue weighted by molar-refractivity contribution is 5.97. The highest BCUT2D eigenvalue weighted by atomic mass is 16.5. The van der Waals surface area contributed by atoms with Gasteiger partial charge in [0.15, 0.2) is 0 Å². The molecule has 4 aromatic carbocycles. The lowest BCUT2D eigenvalue weighted by molar-refractivity contribution is 0.0260. The number of aliphatic hydroxyl groups is 2. The fraction of sp³-hybridized carbons (Fsp3) is 0.125. The first kappa shape index (κ1) is 36.5. The Morgan fingerprint density at radius 3 is 1.05 bits per heavy atom. The summed E-state index contributed by atoms with van der Waals surface area (Å²) in [6.45, 7) is 0. The molecule has 8 bridgehead atoms. The Balaban J connectivity index is 1.50. The lowest BCUT2D eigenvalue weighted by atomic mass is 9.97. The summed E-state index contributed by atoms with van der Waals surface area (Å²) >= 11 is 0. The third-order valence-electron chi connectivity index (χ3n) is 10.6. The van der Waals surface area contributed by atoms with Crippen LogP contribution in [0.15, 0.2) is 121 Å². The fourth-order valence-corrected chi connectivity index (χ4v) is 7.86. The van der Waals surface area contributed by atoms with Crippen molar-refractivity contribution in [2.75, 3.05) is 28.4 Å². The van der Waals surface area contributed by atoms with E-state index < -0.39 is 12.2 Å². The zero-order chi connectivity index (χ0) is 39.9. The number of aromatic nitrogens is 4. The number of fused-ring (bicyclic) bond motifs is 8. The van der Waals surface area contributed by atoms with Crippen molar-refractivity contribution < 1.29 is 29.2 Å². The van der Waals surface area contributed by atoms with Crippen LogP contribution in [-0.2, 0) is 0 Å². The molecule has 2 atom stereocenters. The molecule has 3 aromatic heterocycles. The molecule has 4 N–H and O–H groups in total. The second-order valence-electron chi connectivity index (χ2n) is 14.0. The maximum Gasteiger partial charge on any atom is 0.128 e. The van der Waals surface area contributed by atoms with Gasteiger partial charge in [0.2, 0.25) is 0 Å². The normalized spacial score (nSPS) is 14.7. The minimum atomic E-state index is -1.38. The number of benzene rings is 4. The van der Waals surface area contributed by atoms with Crippen LogP contribution in [0.3, 0.4) is 0 Å². The van der Waals surface area contributed by atoms with E-state index in [4.69, 9.17) is 28.9 Å². The molecule has 0 fully saturated rings. The van der Waals surface area contributed by atoms with Gasteiger partial charge in [0.1, 0.15) is 35.2 Å². The van der Waals surface area contributed by atoms with Gasteiger partial charge in [-0.1, -0.05) is 48.5 Å². The quantitative estimate of drug-likeness (QED) is 0.120. The number of hydrogen-bond donors (Lipinski definition) is 4. The maximum atomic E-state index is 12.1. The predicted molar refractivity (Wildman–Crippen MR) is 228 cm³/mol. The van der Waals surface area contributed by atoms with Crippen LogP contribution in [0.5, 0.6) is 23.0 Å². The largest absolute Gasteiger partial charge is 0.497 e. The van der Waals surface area contributed by atoms with Crippen LogP contribution in [0.25, 0.3) is 78.7 Å². The Labute approximate surface area is 334 Å². The third kappa shape index (κ3) is 6.44. The van der Waals surface area contributed by atoms with Gasteiger partial charge in [-0.15, -0.1) is 0 Å². The number of nitrogens with zero attached hydrogens (tertiary/aromatic N) is 2. The SMILES string of the molecule is COc1cccc(-c2c3nc(c(-c4cccc(OC)c4)c4ccc([nH]4)c(-c4cccc(OC)c4)c4nc(c(-c5cccc(OC)c5)c5ccc2[nH]5)[C@@H](O)[C@H]4O)C=C3)c1. The molecule has 7 aromatic rings. The lowest BCUT2D eigenvalue weighted by Gasteiger charge is -2.14. The smallest absolute Gasteiger partial charge is 0.128 e. The van der Waals surface area contributed by atoms with Crippen LogP contribution in [0.1, 0.15) is 35.0 Å². The second kappa shape index (κ2) is 15.1. The number of H-pyrrole nitrogens is 2. The predicted octanol–water partition coefficient (Wildman–Crippen LogP) is 9.95. The molecule has 0 saturated carbocycles. The van der Waals surface area contributed by atoms with Crippen molar-refractivity contribution in [2.24, 2.45) is 0 Å². The van der Waals surface area contributed by atoms with Crippen molar-refractivity contribution in [3.05, 3.63) is 144 Å². The van der Waals surface area contributed by atoms with Crippen LogP contribution in [0, 0.1) is 0 Å². The number of hydrogen-bond acceptors (Lipinski definition) is 8. The van der Waals surface area contributed by atoms with Crippen molar-refractivity contribution in [1.82, 2.24) is 19.9 Å². The van der Waals surface area contributed by atoms with Gasteiger partial charge >= 0.3 is 0 Å². The number of ether oxygens (including phenoxy) is 4. The first-order chi connectivity index (χ1) is 28.4. The number of rotatable bonds is 8. The zero-order valence-electron chi connectivity index (χ0n) is 32.3. The van der Waals surface area contributed by atoms with Gasteiger partial charge in [0.05, 0.1) is 51.2 Å². The number of aromatic amines is 2. The molecule has 2 aliphatic heterocycles. The molecule has 0 aliphatic carbocycles. The number of aliphatic hydroxyl groups excluding tert-OH is 2. The van der Waals surface area contributed by atoms with Crippen LogP contribution in [-0.4, -0.2) is 58.6 Å². The van der Waals surface area contributed by atoms with Crippen molar-refractivity contribution in [2.45, 2.75) is 12.2 Å². The molecule has 0 saturated heterocycles. The van der Waals surface area contributed by atoms with E-state index in [0.29, 0.717) is 56.5 Å². The second-order valence-corrected chi connectivity index (χ2v) is 14.0. The molecular formula is C48H40N4O6. The van der Waals surface area contributed by atoms with Gasteiger partial charge in [0, 0.05) is 44.3 Å². The summed E-state index contributed by atoms with van der Waals surface area (Å²) in [6, 6.07) is 38.8. The molecule has 5 heterocycles. The van der Waals surface area contributed by atoms with E-state index >= 15 is 0 Å². The summed E-state index contributed by atoms with van der Waals surface area (Å²) < 4.78 is 22.6. The summed E-state index contributed by atoms with van der Waals surface area (Å²) in [5, 5.41) is 24.2. The first-order valence-electron chi connectivity index (χ1n) is 18.8. The average Bonchev–Trinajstić information content (AvgIpc) is 4.09. The van der Waals surface area contributed by atoms with E-state index in [-0.39, 0.29) is 0 Å². The topological polar surface area (TPSA) is 135 Å². The molecule has 0 unspecified atom stereocenters. The van der Waals surface area contributed by atoms with Crippen LogP contribution in [0.4, 0.5) is 0 Å². The van der Waals surface area contributed by atoms with Gasteiger partial charge in [0.25, 0.3) is 0 Å². The van der Waals surface area contributed by atoms with E-state index in [1.807, 2.05) is 133 Å². The first-order valence-corrected chi connectivity index (χ1v) is 18.8. The minimum Gasteiger partial charge on any atom is -0.497 e. The molecule has 2 aliphatic rings. The number of methoxy groups -OCH3 is 4. The molecule has 10 heteroatoms. The van der Waals surface area contributed by atoms with Crippen molar-refractivity contribution in [3.63, 3.8) is 0 Å². The Morgan fingerprint density at radius 2 is 0.724 bits per heavy atom. The van der Waals surface area contributed by atoms with Gasteiger partial charge in [-0.3, -0.25) is 4.98 Å². The molecule has 10 nitrogen and oxygen atoms in total. The summed E-state index contributed by atoms with van der Waals surface area (Å²) in [7, 11) is 6.52. The van der Waals surface area contributed by atoms with Gasteiger partial charge in [-0.2, -0.15) is 0 Å². The standard InChI is InChI=1S/C48H40N4O6/c1-55-31-13-5-9-27(23-31)41-35-17-18-36(49-35)42(28-10-6-14-32(24-28)56-2)38-20-22-40(51-38)44(30-12-8-16-34(26-30)58-4)46-48(54)47(53)45(52-46)43(39-21-19-37(41)50-39)29-11-7-15-33(25-29)57-3/h5-26,47-48,50-51,53-54H,1-4H3/t47-,48+. The Hall–Kier alpha value is -7.14. The van der Waals surface area contributed by atoms with Gasteiger partial charge in [-0.25, -0.2) is 4.98 Å². The van der Waals surface area contributed by atoms with E-state index in [2.05, 4.69) is 9.97 Å². The van der Waals surface area contributed by atoms with Crippen molar-refractivity contribution >= 4 is 34.2 Å². The Kier molecular flexibility index (Phi) is 9.49. The maximum absolute atomic E-state index is 12.1. The third-order valence-corrected chi connectivity index (χ3v) is 10.6. The van der Waals surface area contributed by atoms with Crippen LogP contribution in [0.2, 0.25) is 0 Å². The molecule has 0 spiro atoms. The van der Waals surface area contributed by atoms with E-state index in [1.165, 1.54) is 0 Å². The molecule has 0 amide bonds. The zero-order valence-corrected chi connectivity index (χ0v) is 32.3. The molecule has 288 valence electrons. The van der Waals surface area contributed by atoms with Crippen LogP contribution < -0.4 is 18.9 Å². The Bertz CT molecular complexity index is 2720. The van der Waals surface area contributed by atoms with Crippen molar-refractivity contribution in [1.29, 1.82) is 0 Å². The fourth-order valence-electron chi connectivity index (χ4n) is 7.86. The average molecular weight is 769 g/mol. The highest BCUT2D eigenvalue weighted by Gasteiger charge is 2.35. The van der Waals surface area contributed by atoms with Crippen molar-refractivity contribution in [3.8, 4) is 67.5 Å². The molecule has 9 rings (SSSR count).